The molecule has 1 atom stereocenters. The number of hydrogen-bond donors (Lipinski definition) is 2. The molecule has 5 nitrogen and oxygen atoms in total. The molecule has 0 aliphatic rings. The molecule has 0 aromatic heterocycles. The summed E-state index contributed by atoms with van der Waals surface area (Å²) < 4.78 is 0. The van der Waals surface area contributed by atoms with Crippen molar-refractivity contribution in [1.29, 1.82) is 0 Å². The maximum Gasteiger partial charge on any atom is 0.239 e. The average Bonchev–Trinajstić information content (AvgIpc) is 2.35. The highest BCUT2D eigenvalue weighted by Gasteiger charge is 2.17. The standard InChI is InChI=1S/C13H27N3O2/c1-4-7-15-12(17)10-16(8-5-2)13(18)9-11(14)6-3/h11H,4-10,14H2,1-3H3,(H,15,17). The maximum absolute atomic E-state index is 12.0. The minimum atomic E-state index is -0.115. The first-order valence-corrected chi connectivity index (χ1v) is 6.85. The zero-order valence-electron chi connectivity index (χ0n) is 11.9. The molecule has 5 heteroatoms. The Hall–Kier alpha value is -1.10. The number of hydrogen-bond acceptors (Lipinski definition) is 3. The SMILES string of the molecule is CCCNC(=O)CN(CCC)C(=O)CC(N)CC. The summed E-state index contributed by atoms with van der Waals surface area (Å²) in [5.74, 6) is -0.124. The third-order valence-electron chi connectivity index (χ3n) is 2.71. The molecule has 0 saturated carbocycles. The minimum Gasteiger partial charge on any atom is -0.355 e. The van der Waals surface area contributed by atoms with Gasteiger partial charge in [0.25, 0.3) is 0 Å². The van der Waals surface area contributed by atoms with Gasteiger partial charge in [0.1, 0.15) is 0 Å². The minimum absolute atomic E-state index is 0.0298. The lowest BCUT2D eigenvalue weighted by atomic mass is 10.1. The van der Waals surface area contributed by atoms with E-state index in [1.165, 1.54) is 0 Å². The van der Waals surface area contributed by atoms with E-state index in [1.54, 1.807) is 4.90 Å². The summed E-state index contributed by atoms with van der Waals surface area (Å²) in [6.07, 6.45) is 2.83. The van der Waals surface area contributed by atoms with Crippen molar-refractivity contribution in [3.8, 4) is 0 Å². The van der Waals surface area contributed by atoms with Crippen molar-refractivity contribution < 1.29 is 9.59 Å². The van der Waals surface area contributed by atoms with Gasteiger partial charge >= 0.3 is 0 Å². The van der Waals surface area contributed by atoms with Crippen molar-refractivity contribution in [2.45, 2.75) is 52.5 Å². The second-order valence-electron chi connectivity index (χ2n) is 4.54. The second-order valence-corrected chi connectivity index (χ2v) is 4.54. The molecule has 3 N–H and O–H groups in total. The molecule has 0 saturated heterocycles. The third-order valence-corrected chi connectivity index (χ3v) is 2.71. The molecule has 0 fully saturated rings. The lowest BCUT2D eigenvalue weighted by Gasteiger charge is -2.23. The van der Waals surface area contributed by atoms with Crippen molar-refractivity contribution in [2.24, 2.45) is 5.73 Å². The fraction of sp³-hybridized carbons (Fsp3) is 0.846. The number of rotatable bonds is 9. The number of carbonyl (C=O) groups is 2. The Bertz CT molecular complexity index is 257. The van der Waals surface area contributed by atoms with Gasteiger partial charge in [0, 0.05) is 25.6 Å². The maximum atomic E-state index is 12.0. The second kappa shape index (κ2) is 9.88. The summed E-state index contributed by atoms with van der Waals surface area (Å²) in [5.41, 5.74) is 5.77. The van der Waals surface area contributed by atoms with E-state index in [1.807, 2.05) is 20.8 Å². The summed E-state index contributed by atoms with van der Waals surface area (Å²) in [7, 11) is 0. The largest absolute Gasteiger partial charge is 0.355 e. The first-order chi connectivity index (χ1) is 8.54. The van der Waals surface area contributed by atoms with Gasteiger partial charge in [0.15, 0.2) is 0 Å². The van der Waals surface area contributed by atoms with E-state index in [2.05, 4.69) is 5.32 Å². The smallest absolute Gasteiger partial charge is 0.239 e. The van der Waals surface area contributed by atoms with E-state index in [0.29, 0.717) is 19.5 Å². The number of amides is 2. The molecule has 2 amide bonds. The van der Waals surface area contributed by atoms with E-state index in [4.69, 9.17) is 5.73 Å². The van der Waals surface area contributed by atoms with Crippen LogP contribution in [0.25, 0.3) is 0 Å². The van der Waals surface area contributed by atoms with Gasteiger partial charge in [0.2, 0.25) is 11.8 Å². The molecule has 0 radical (unpaired) electrons. The molecule has 0 aromatic carbocycles. The zero-order chi connectivity index (χ0) is 14.0. The average molecular weight is 257 g/mol. The van der Waals surface area contributed by atoms with E-state index in [0.717, 1.165) is 19.3 Å². The molecule has 106 valence electrons. The van der Waals surface area contributed by atoms with Crippen LogP contribution in [0, 0.1) is 0 Å². The monoisotopic (exact) mass is 257 g/mol. The van der Waals surface area contributed by atoms with Gasteiger partial charge in [0.05, 0.1) is 6.54 Å². The van der Waals surface area contributed by atoms with Crippen molar-refractivity contribution in [3.05, 3.63) is 0 Å². The Labute approximate surface area is 110 Å². The Morgan fingerprint density at radius 3 is 2.39 bits per heavy atom. The Kier molecular flexibility index (Phi) is 9.28. The van der Waals surface area contributed by atoms with Gasteiger partial charge in [-0.05, 0) is 19.3 Å². The highest BCUT2D eigenvalue weighted by molar-refractivity contribution is 5.85. The summed E-state index contributed by atoms with van der Waals surface area (Å²) >= 11 is 0. The molecular formula is C13H27N3O2. The first kappa shape index (κ1) is 16.9. The van der Waals surface area contributed by atoms with Crippen LogP contribution in [0.5, 0.6) is 0 Å². The van der Waals surface area contributed by atoms with Crippen LogP contribution in [0.3, 0.4) is 0 Å². The molecule has 0 aromatic rings. The van der Waals surface area contributed by atoms with Gasteiger partial charge in [-0.25, -0.2) is 0 Å². The van der Waals surface area contributed by atoms with Crippen LogP contribution in [-0.2, 0) is 9.59 Å². The molecule has 0 aliphatic heterocycles. The Balaban J connectivity index is 4.27. The lowest BCUT2D eigenvalue weighted by Crippen LogP contribution is -2.43. The molecule has 18 heavy (non-hydrogen) atoms. The van der Waals surface area contributed by atoms with E-state index < -0.39 is 0 Å². The highest BCUT2D eigenvalue weighted by atomic mass is 16.2. The van der Waals surface area contributed by atoms with Gasteiger partial charge < -0.3 is 16.0 Å². The quantitative estimate of drug-likeness (QED) is 0.644. The van der Waals surface area contributed by atoms with Gasteiger partial charge in [-0.1, -0.05) is 20.8 Å². The third kappa shape index (κ3) is 7.27. The number of carbonyl (C=O) groups excluding carboxylic acids is 2. The Morgan fingerprint density at radius 1 is 1.22 bits per heavy atom. The van der Waals surface area contributed by atoms with Crippen LogP contribution in [0.1, 0.15) is 46.5 Å². The normalized spacial score (nSPS) is 12.0. The van der Waals surface area contributed by atoms with Crippen LogP contribution >= 0.6 is 0 Å². The lowest BCUT2D eigenvalue weighted by molar-refractivity contribution is -0.136. The van der Waals surface area contributed by atoms with Gasteiger partial charge in [-0.2, -0.15) is 0 Å². The van der Waals surface area contributed by atoms with Crippen LogP contribution in [-0.4, -0.2) is 42.4 Å². The van der Waals surface area contributed by atoms with E-state index in [9.17, 15) is 9.59 Å². The molecule has 1 unspecified atom stereocenters. The van der Waals surface area contributed by atoms with Crippen LogP contribution in [0.4, 0.5) is 0 Å². The fourth-order valence-corrected chi connectivity index (χ4v) is 1.55. The van der Waals surface area contributed by atoms with Crippen LogP contribution in [0.15, 0.2) is 0 Å². The van der Waals surface area contributed by atoms with Crippen molar-refractivity contribution in [3.63, 3.8) is 0 Å². The van der Waals surface area contributed by atoms with Crippen molar-refractivity contribution in [1.82, 2.24) is 10.2 Å². The van der Waals surface area contributed by atoms with E-state index in [-0.39, 0.29) is 24.4 Å². The van der Waals surface area contributed by atoms with Gasteiger partial charge in [-0.15, -0.1) is 0 Å². The molecule has 0 bridgehead atoms. The summed E-state index contributed by atoms with van der Waals surface area (Å²) in [6.45, 7) is 7.34. The molecule has 0 aliphatic carbocycles. The predicted molar refractivity (Wildman–Crippen MR) is 73.1 cm³/mol. The number of nitrogens with two attached hydrogens (primary N) is 1. The molecular weight excluding hydrogens is 230 g/mol. The number of nitrogens with one attached hydrogen (secondary N) is 1. The van der Waals surface area contributed by atoms with Crippen molar-refractivity contribution >= 4 is 11.8 Å². The van der Waals surface area contributed by atoms with Crippen molar-refractivity contribution in [2.75, 3.05) is 19.6 Å². The first-order valence-electron chi connectivity index (χ1n) is 6.85. The summed E-state index contributed by atoms with van der Waals surface area (Å²) in [4.78, 5) is 25.2. The number of nitrogens with zero attached hydrogens (tertiary/aromatic N) is 1. The van der Waals surface area contributed by atoms with Gasteiger partial charge in [-0.3, -0.25) is 9.59 Å². The molecule has 0 heterocycles. The summed E-state index contributed by atoms with van der Waals surface area (Å²) in [6, 6.07) is -0.115. The van der Waals surface area contributed by atoms with Crippen LogP contribution in [0.2, 0.25) is 0 Å². The molecule has 0 rings (SSSR count). The fourth-order valence-electron chi connectivity index (χ4n) is 1.55. The summed E-state index contributed by atoms with van der Waals surface area (Å²) in [5, 5.41) is 2.78. The Morgan fingerprint density at radius 2 is 1.89 bits per heavy atom. The van der Waals surface area contributed by atoms with E-state index >= 15 is 0 Å². The molecule has 0 spiro atoms. The topological polar surface area (TPSA) is 75.4 Å². The highest BCUT2D eigenvalue weighted by Crippen LogP contribution is 2.01. The predicted octanol–water partition coefficient (Wildman–Crippen LogP) is 0.879. The van der Waals surface area contributed by atoms with Crippen LogP contribution < -0.4 is 11.1 Å². The zero-order valence-corrected chi connectivity index (χ0v) is 11.9.